The van der Waals surface area contributed by atoms with Crippen LogP contribution in [0.25, 0.3) is 0 Å². The molecule has 1 fully saturated rings. The fraction of sp³-hybridized carbons (Fsp3) is 0.923. The molecule has 7 nitrogen and oxygen atoms in total. The molecule has 11 heteroatoms. The maximum atomic E-state index is 12.7. The standard InChI is InChI=1S/C13H26F3N5O2S/c1-4-24(22,23)19-6-5-18-12(17-3)21-9-7-20(8-10-21)11(2)13(14,15)16/h11,19H,4-10H2,1-3H3,(H,17,18). The van der Waals surface area contributed by atoms with Crippen molar-refractivity contribution >= 4 is 16.0 Å². The topological polar surface area (TPSA) is 77.0 Å². The van der Waals surface area contributed by atoms with Gasteiger partial charge in [0.05, 0.1) is 5.75 Å². The van der Waals surface area contributed by atoms with Crippen LogP contribution in [-0.2, 0) is 10.0 Å². The molecular formula is C13H26F3N5O2S. The Morgan fingerprint density at radius 3 is 2.25 bits per heavy atom. The van der Waals surface area contributed by atoms with Crippen LogP contribution in [0, 0.1) is 0 Å². The molecule has 24 heavy (non-hydrogen) atoms. The van der Waals surface area contributed by atoms with Gasteiger partial charge in [-0.1, -0.05) is 0 Å². The van der Waals surface area contributed by atoms with E-state index in [9.17, 15) is 21.6 Å². The van der Waals surface area contributed by atoms with Crippen molar-refractivity contribution in [2.75, 3.05) is 52.1 Å². The van der Waals surface area contributed by atoms with Crippen molar-refractivity contribution in [3.8, 4) is 0 Å². The summed E-state index contributed by atoms with van der Waals surface area (Å²) in [6.45, 7) is 4.75. The zero-order chi connectivity index (χ0) is 18.4. The van der Waals surface area contributed by atoms with Crippen LogP contribution in [0.4, 0.5) is 13.2 Å². The number of alkyl halides is 3. The second-order valence-electron chi connectivity index (χ2n) is 5.51. The number of rotatable bonds is 6. The lowest BCUT2D eigenvalue weighted by Crippen LogP contribution is -2.57. The Morgan fingerprint density at radius 1 is 1.21 bits per heavy atom. The number of hydrogen-bond donors (Lipinski definition) is 2. The first kappa shape index (κ1) is 21.0. The lowest BCUT2D eigenvalue weighted by molar-refractivity contribution is -0.181. The van der Waals surface area contributed by atoms with Crippen molar-refractivity contribution in [3.63, 3.8) is 0 Å². The summed E-state index contributed by atoms with van der Waals surface area (Å²) in [6.07, 6.45) is -4.22. The molecule has 0 saturated carbocycles. The van der Waals surface area contributed by atoms with Gasteiger partial charge >= 0.3 is 6.18 Å². The minimum Gasteiger partial charge on any atom is -0.355 e. The van der Waals surface area contributed by atoms with Crippen LogP contribution in [0.5, 0.6) is 0 Å². The third-order valence-corrected chi connectivity index (χ3v) is 5.36. The van der Waals surface area contributed by atoms with Gasteiger partial charge < -0.3 is 10.2 Å². The fourth-order valence-electron chi connectivity index (χ4n) is 2.34. The van der Waals surface area contributed by atoms with Gasteiger partial charge in [0.25, 0.3) is 0 Å². The van der Waals surface area contributed by atoms with Gasteiger partial charge in [-0.2, -0.15) is 13.2 Å². The molecular weight excluding hydrogens is 347 g/mol. The Balaban J connectivity index is 2.41. The molecule has 1 heterocycles. The van der Waals surface area contributed by atoms with Crippen LogP contribution < -0.4 is 10.0 Å². The predicted molar refractivity (Wildman–Crippen MR) is 87.5 cm³/mol. The van der Waals surface area contributed by atoms with Gasteiger partial charge in [0.2, 0.25) is 10.0 Å². The van der Waals surface area contributed by atoms with Gasteiger partial charge in [0.15, 0.2) is 5.96 Å². The number of nitrogens with zero attached hydrogens (tertiary/aromatic N) is 3. The highest BCUT2D eigenvalue weighted by atomic mass is 32.2. The summed E-state index contributed by atoms with van der Waals surface area (Å²) >= 11 is 0. The van der Waals surface area contributed by atoms with Crippen molar-refractivity contribution in [1.29, 1.82) is 0 Å². The monoisotopic (exact) mass is 373 g/mol. The van der Waals surface area contributed by atoms with E-state index in [0.29, 0.717) is 38.7 Å². The Labute approximate surface area is 141 Å². The summed E-state index contributed by atoms with van der Waals surface area (Å²) in [5.41, 5.74) is 0. The second kappa shape index (κ2) is 8.86. The van der Waals surface area contributed by atoms with Crippen LogP contribution in [0.1, 0.15) is 13.8 Å². The average molecular weight is 373 g/mol. The molecule has 0 amide bonds. The summed E-state index contributed by atoms with van der Waals surface area (Å²) in [5, 5.41) is 3.02. The Kier molecular flexibility index (Phi) is 7.74. The van der Waals surface area contributed by atoms with E-state index >= 15 is 0 Å². The molecule has 0 aromatic rings. The number of nitrogens with one attached hydrogen (secondary N) is 2. The lowest BCUT2D eigenvalue weighted by Gasteiger charge is -2.39. The Hall–Kier alpha value is -1.07. The van der Waals surface area contributed by atoms with E-state index in [1.807, 2.05) is 4.90 Å². The van der Waals surface area contributed by atoms with Gasteiger partial charge in [-0.15, -0.1) is 0 Å². The number of halogens is 3. The smallest absolute Gasteiger partial charge is 0.355 e. The number of aliphatic imine (C=N–C) groups is 1. The second-order valence-corrected chi connectivity index (χ2v) is 7.61. The summed E-state index contributed by atoms with van der Waals surface area (Å²) in [4.78, 5) is 7.37. The molecule has 142 valence electrons. The first-order valence-electron chi connectivity index (χ1n) is 7.84. The highest BCUT2D eigenvalue weighted by Crippen LogP contribution is 2.25. The minimum atomic E-state index is -4.22. The van der Waals surface area contributed by atoms with Crippen LogP contribution in [0.2, 0.25) is 0 Å². The van der Waals surface area contributed by atoms with E-state index in [0.717, 1.165) is 0 Å². The molecule has 0 aromatic carbocycles. The van der Waals surface area contributed by atoms with E-state index in [1.165, 1.54) is 11.8 Å². The Morgan fingerprint density at radius 2 is 1.79 bits per heavy atom. The maximum absolute atomic E-state index is 12.7. The van der Waals surface area contributed by atoms with Crippen LogP contribution in [-0.4, -0.2) is 88.5 Å². The average Bonchev–Trinajstić information content (AvgIpc) is 2.53. The highest BCUT2D eigenvalue weighted by Gasteiger charge is 2.41. The minimum absolute atomic E-state index is 0.0150. The predicted octanol–water partition coefficient (Wildman–Crippen LogP) is 0.0695. The summed E-state index contributed by atoms with van der Waals surface area (Å²) in [5.74, 6) is 0.575. The van der Waals surface area contributed by atoms with Gasteiger partial charge in [-0.3, -0.25) is 9.89 Å². The molecule has 1 saturated heterocycles. The third kappa shape index (κ3) is 6.44. The normalized spacial score (nSPS) is 19.4. The van der Waals surface area contributed by atoms with Crippen LogP contribution in [0.3, 0.4) is 0 Å². The van der Waals surface area contributed by atoms with E-state index in [1.54, 1.807) is 14.0 Å². The summed E-state index contributed by atoms with van der Waals surface area (Å²) in [6, 6.07) is -1.46. The first-order valence-corrected chi connectivity index (χ1v) is 9.49. The van der Waals surface area contributed by atoms with E-state index in [2.05, 4.69) is 15.0 Å². The lowest BCUT2D eigenvalue weighted by atomic mass is 10.2. The summed E-state index contributed by atoms with van der Waals surface area (Å²) in [7, 11) is -1.65. The van der Waals surface area contributed by atoms with E-state index in [-0.39, 0.29) is 12.3 Å². The van der Waals surface area contributed by atoms with Crippen LogP contribution >= 0.6 is 0 Å². The third-order valence-electron chi connectivity index (χ3n) is 3.96. The molecule has 2 N–H and O–H groups in total. The largest absolute Gasteiger partial charge is 0.403 e. The summed E-state index contributed by atoms with van der Waals surface area (Å²) < 4.78 is 63.3. The molecule has 0 aliphatic carbocycles. The van der Waals surface area contributed by atoms with Crippen molar-refractivity contribution in [1.82, 2.24) is 19.8 Å². The fourth-order valence-corrected chi connectivity index (χ4v) is 2.96. The molecule has 1 unspecified atom stereocenters. The quantitative estimate of drug-likeness (QED) is 0.391. The molecule has 0 spiro atoms. The van der Waals surface area contributed by atoms with E-state index in [4.69, 9.17) is 0 Å². The molecule has 1 aliphatic heterocycles. The Bertz CT molecular complexity index is 516. The van der Waals surface area contributed by atoms with Gasteiger partial charge in [-0.25, -0.2) is 13.1 Å². The van der Waals surface area contributed by atoms with Crippen molar-refractivity contribution in [2.45, 2.75) is 26.1 Å². The number of hydrogen-bond acceptors (Lipinski definition) is 4. The molecule has 0 bridgehead atoms. The number of piperazine rings is 1. The van der Waals surface area contributed by atoms with Gasteiger partial charge in [0, 0.05) is 46.3 Å². The SMILES string of the molecule is CCS(=O)(=O)NCCNC(=NC)N1CCN(C(C)C(F)(F)F)CC1. The van der Waals surface area contributed by atoms with Gasteiger partial charge in [-0.05, 0) is 13.8 Å². The van der Waals surface area contributed by atoms with E-state index < -0.39 is 22.2 Å². The van der Waals surface area contributed by atoms with Crippen molar-refractivity contribution < 1.29 is 21.6 Å². The van der Waals surface area contributed by atoms with Gasteiger partial charge in [0.1, 0.15) is 6.04 Å². The highest BCUT2D eigenvalue weighted by molar-refractivity contribution is 7.89. The molecule has 1 atom stereocenters. The van der Waals surface area contributed by atoms with Crippen molar-refractivity contribution in [3.05, 3.63) is 0 Å². The zero-order valence-electron chi connectivity index (χ0n) is 14.2. The molecule has 0 radical (unpaired) electrons. The molecule has 1 aliphatic rings. The number of sulfonamides is 1. The van der Waals surface area contributed by atoms with Crippen molar-refractivity contribution in [2.24, 2.45) is 4.99 Å². The first-order chi connectivity index (χ1) is 11.1. The zero-order valence-corrected chi connectivity index (χ0v) is 15.0. The maximum Gasteiger partial charge on any atom is 0.403 e. The number of guanidine groups is 1. The molecule has 0 aromatic heterocycles. The molecule has 1 rings (SSSR count). The van der Waals surface area contributed by atoms with Crippen LogP contribution in [0.15, 0.2) is 4.99 Å².